The molecule has 148 valence electrons. The Morgan fingerprint density at radius 2 is 2.25 bits per heavy atom. The monoisotopic (exact) mass is 401 g/mol. The third-order valence-corrected chi connectivity index (χ3v) is 5.14. The van der Waals surface area contributed by atoms with E-state index in [2.05, 4.69) is 20.4 Å². The van der Waals surface area contributed by atoms with Crippen molar-refractivity contribution in [3.8, 4) is 16.5 Å². The topological polar surface area (TPSA) is 102 Å². The van der Waals surface area contributed by atoms with Gasteiger partial charge in [-0.1, -0.05) is 13.0 Å². The molecule has 3 rings (SSSR count). The number of hydrogen-bond donors (Lipinski definition) is 2. The predicted molar refractivity (Wildman–Crippen MR) is 107 cm³/mol. The first-order chi connectivity index (χ1) is 13.5. The van der Waals surface area contributed by atoms with Crippen LogP contribution in [0, 0.1) is 6.92 Å². The summed E-state index contributed by atoms with van der Waals surface area (Å²) in [4.78, 5) is 22.6. The van der Waals surface area contributed by atoms with Crippen LogP contribution in [0.5, 0.6) is 0 Å². The maximum Gasteiger partial charge on any atom is 0.254 e. The van der Waals surface area contributed by atoms with E-state index in [0.29, 0.717) is 23.6 Å². The van der Waals surface area contributed by atoms with Gasteiger partial charge in [0.05, 0.1) is 40.7 Å². The van der Waals surface area contributed by atoms with Gasteiger partial charge in [0.2, 0.25) is 0 Å². The van der Waals surface area contributed by atoms with Crippen molar-refractivity contribution >= 4 is 17.2 Å². The second-order valence-electron chi connectivity index (χ2n) is 6.30. The molecule has 1 atom stereocenters. The number of ether oxygens (including phenoxy) is 1. The van der Waals surface area contributed by atoms with Crippen molar-refractivity contribution in [1.29, 1.82) is 0 Å². The van der Waals surface area contributed by atoms with Gasteiger partial charge < -0.3 is 15.2 Å². The van der Waals surface area contributed by atoms with Crippen LogP contribution in [-0.2, 0) is 11.3 Å². The van der Waals surface area contributed by atoms with Crippen LogP contribution in [0.4, 0.5) is 0 Å². The van der Waals surface area contributed by atoms with E-state index < -0.39 is 6.10 Å². The van der Waals surface area contributed by atoms with E-state index in [-0.39, 0.29) is 19.1 Å². The smallest absolute Gasteiger partial charge is 0.254 e. The summed E-state index contributed by atoms with van der Waals surface area (Å²) in [5.74, 6) is 0.0464. The van der Waals surface area contributed by atoms with Gasteiger partial charge in [0, 0.05) is 19.9 Å². The summed E-state index contributed by atoms with van der Waals surface area (Å²) >= 11 is 1.60. The lowest BCUT2D eigenvalue weighted by atomic mass is 10.2. The third-order valence-electron chi connectivity index (χ3n) is 4.27. The van der Waals surface area contributed by atoms with Crippen LogP contribution in [0.25, 0.3) is 16.5 Å². The summed E-state index contributed by atoms with van der Waals surface area (Å²) in [6.45, 7) is 4.15. The van der Waals surface area contributed by atoms with Gasteiger partial charge >= 0.3 is 0 Å². The van der Waals surface area contributed by atoms with Crippen LogP contribution in [0.1, 0.15) is 35.0 Å². The lowest BCUT2D eigenvalue weighted by molar-refractivity contribution is 0.0909. The highest BCUT2D eigenvalue weighted by Gasteiger charge is 2.21. The fraction of sp³-hybridized carbons (Fsp3) is 0.368. The highest BCUT2D eigenvalue weighted by atomic mass is 32.1. The molecule has 0 unspecified atom stereocenters. The third kappa shape index (κ3) is 4.27. The largest absolute Gasteiger partial charge is 0.391 e. The number of aryl methyl sites for hydroxylation is 1. The average Bonchev–Trinajstić information content (AvgIpc) is 3.37. The summed E-state index contributed by atoms with van der Waals surface area (Å²) in [6, 6.07) is 3.97. The predicted octanol–water partition coefficient (Wildman–Crippen LogP) is 2.35. The summed E-state index contributed by atoms with van der Waals surface area (Å²) in [6.07, 6.45) is 3.19. The molecule has 0 bridgehead atoms. The first-order valence-electron chi connectivity index (χ1n) is 8.95. The molecule has 1 amide bonds. The number of rotatable bonds is 8. The number of thiophene rings is 1. The minimum atomic E-state index is -0.585. The first-order valence-corrected chi connectivity index (χ1v) is 9.83. The van der Waals surface area contributed by atoms with E-state index in [4.69, 9.17) is 4.74 Å². The lowest BCUT2D eigenvalue weighted by Gasteiger charge is -2.11. The minimum Gasteiger partial charge on any atom is -0.391 e. The molecule has 0 aliphatic heterocycles. The van der Waals surface area contributed by atoms with Gasteiger partial charge in [-0.15, -0.1) is 11.3 Å². The van der Waals surface area contributed by atoms with Gasteiger partial charge in [-0.3, -0.25) is 4.79 Å². The van der Waals surface area contributed by atoms with Crippen LogP contribution >= 0.6 is 11.3 Å². The van der Waals surface area contributed by atoms with Crippen molar-refractivity contribution in [2.45, 2.75) is 33.0 Å². The Morgan fingerprint density at radius 1 is 1.43 bits per heavy atom. The normalized spacial score (nSPS) is 12.1. The molecule has 2 N–H and O–H groups in total. The van der Waals surface area contributed by atoms with Gasteiger partial charge in [0.1, 0.15) is 0 Å². The Kier molecular flexibility index (Phi) is 6.50. The van der Waals surface area contributed by atoms with Crippen molar-refractivity contribution < 1.29 is 14.6 Å². The molecule has 28 heavy (non-hydrogen) atoms. The Hall–Kier alpha value is -2.62. The molecule has 0 aromatic carbocycles. The standard InChI is InChI=1S/C19H23N5O3S/c1-4-13(25)9-20-18(26)14-10-22-24(15(14)11-27-3)19-21-8-12(2)17(23-19)16-6-5-7-28-16/h5-8,10,13,25H,4,9,11H2,1-3H3,(H,20,26)/t13-/m0/s1. The van der Waals surface area contributed by atoms with Gasteiger partial charge in [-0.05, 0) is 30.4 Å². The van der Waals surface area contributed by atoms with Gasteiger partial charge in [-0.25, -0.2) is 9.97 Å². The summed E-state index contributed by atoms with van der Waals surface area (Å²) < 4.78 is 6.79. The molecule has 0 radical (unpaired) electrons. The van der Waals surface area contributed by atoms with Crippen molar-refractivity contribution in [1.82, 2.24) is 25.1 Å². The van der Waals surface area contributed by atoms with Crippen LogP contribution in [-0.4, -0.2) is 50.5 Å². The molecule has 0 fully saturated rings. The molecular weight excluding hydrogens is 378 g/mol. The molecule has 3 aromatic rings. The number of methoxy groups -OCH3 is 1. The zero-order valence-corrected chi connectivity index (χ0v) is 16.9. The minimum absolute atomic E-state index is 0.171. The molecule has 3 aromatic heterocycles. The van der Waals surface area contributed by atoms with Crippen molar-refractivity contribution in [2.24, 2.45) is 0 Å². The zero-order valence-electron chi connectivity index (χ0n) is 16.0. The molecule has 9 heteroatoms. The Bertz CT molecular complexity index is 939. The SMILES string of the molecule is CC[C@H](O)CNC(=O)c1cnn(-c2ncc(C)c(-c3cccs3)n2)c1COC. The van der Waals surface area contributed by atoms with E-state index in [1.165, 1.54) is 10.9 Å². The number of aliphatic hydroxyl groups excluding tert-OH is 1. The van der Waals surface area contributed by atoms with E-state index in [1.54, 1.807) is 24.6 Å². The molecule has 0 saturated carbocycles. The number of nitrogens with zero attached hydrogens (tertiary/aromatic N) is 4. The van der Waals surface area contributed by atoms with Crippen molar-refractivity contribution in [3.63, 3.8) is 0 Å². The van der Waals surface area contributed by atoms with Gasteiger partial charge in [-0.2, -0.15) is 9.78 Å². The maximum atomic E-state index is 12.5. The van der Waals surface area contributed by atoms with Crippen molar-refractivity contribution in [3.05, 3.63) is 46.7 Å². The second-order valence-corrected chi connectivity index (χ2v) is 7.25. The molecule has 0 spiro atoms. The van der Waals surface area contributed by atoms with Crippen molar-refractivity contribution in [2.75, 3.05) is 13.7 Å². The quantitative estimate of drug-likeness (QED) is 0.601. The summed E-state index contributed by atoms with van der Waals surface area (Å²) in [7, 11) is 1.55. The lowest BCUT2D eigenvalue weighted by Crippen LogP contribution is -2.32. The fourth-order valence-electron chi connectivity index (χ4n) is 2.66. The Morgan fingerprint density at radius 3 is 2.93 bits per heavy atom. The van der Waals surface area contributed by atoms with Crippen LogP contribution in [0.3, 0.4) is 0 Å². The van der Waals surface area contributed by atoms with Crippen LogP contribution < -0.4 is 5.32 Å². The van der Waals surface area contributed by atoms with Crippen LogP contribution in [0.15, 0.2) is 29.9 Å². The summed E-state index contributed by atoms with van der Waals surface area (Å²) in [5.41, 5.74) is 2.70. The van der Waals surface area contributed by atoms with E-state index in [9.17, 15) is 9.90 Å². The summed E-state index contributed by atoms with van der Waals surface area (Å²) in [5, 5.41) is 18.7. The number of carbonyl (C=O) groups excluding carboxylic acids is 1. The molecular formula is C19H23N5O3S. The Balaban J connectivity index is 1.95. The number of amides is 1. The number of hydrogen-bond acceptors (Lipinski definition) is 7. The Labute approximate surface area is 167 Å². The van der Waals surface area contributed by atoms with E-state index in [1.807, 2.05) is 31.4 Å². The molecule has 0 saturated heterocycles. The maximum absolute atomic E-state index is 12.5. The highest BCUT2D eigenvalue weighted by Crippen LogP contribution is 2.26. The molecule has 0 aliphatic carbocycles. The number of aromatic nitrogens is 4. The number of carbonyl (C=O) groups is 1. The number of aliphatic hydroxyl groups is 1. The molecule has 8 nitrogen and oxygen atoms in total. The van der Waals surface area contributed by atoms with Gasteiger partial charge in [0.15, 0.2) is 0 Å². The van der Waals surface area contributed by atoms with E-state index in [0.717, 1.165) is 16.1 Å². The first kappa shape index (κ1) is 20.1. The van der Waals surface area contributed by atoms with E-state index >= 15 is 0 Å². The molecule has 3 heterocycles. The second kappa shape index (κ2) is 9.05. The fourth-order valence-corrected chi connectivity index (χ4v) is 3.44. The zero-order chi connectivity index (χ0) is 20.1. The highest BCUT2D eigenvalue weighted by molar-refractivity contribution is 7.13. The van der Waals surface area contributed by atoms with Crippen LogP contribution in [0.2, 0.25) is 0 Å². The van der Waals surface area contributed by atoms with Gasteiger partial charge in [0.25, 0.3) is 11.9 Å². The number of nitrogens with one attached hydrogen (secondary N) is 1. The average molecular weight is 401 g/mol. The molecule has 0 aliphatic rings.